The Hall–Kier alpha value is -1.88. The first-order chi connectivity index (χ1) is 9.66. The van der Waals surface area contributed by atoms with Crippen LogP contribution in [0.15, 0.2) is 30.5 Å². The van der Waals surface area contributed by atoms with Gasteiger partial charge in [0.1, 0.15) is 23.1 Å². The molecule has 1 unspecified atom stereocenters. The Morgan fingerprint density at radius 3 is 2.45 bits per heavy atom. The molecule has 0 aliphatic carbocycles. The van der Waals surface area contributed by atoms with E-state index >= 15 is 0 Å². The molecular formula is C15H12F3NO. The third-order valence-corrected chi connectivity index (χ3v) is 3.46. The largest absolute Gasteiger partial charge is 0.381 e. The second kappa shape index (κ2) is 5.25. The molecule has 0 bridgehead atoms. The lowest BCUT2D eigenvalue weighted by Gasteiger charge is -2.12. The number of benzene rings is 1. The molecule has 1 atom stereocenters. The van der Waals surface area contributed by atoms with Gasteiger partial charge in [0, 0.05) is 18.7 Å². The Labute approximate surface area is 114 Å². The number of nitrogens with zero attached hydrogens (tertiary/aromatic N) is 1. The van der Waals surface area contributed by atoms with Gasteiger partial charge in [0.2, 0.25) is 0 Å². The fourth-order valence-electron chi connectivity index (χ4n) is 2.42. The third-order valence-electron chi connectivity index (χ3n) is 3.46. The van der Waals surface area contributed by atoms with Gasteiger partial charge >= 0.3 is 0 Å². The van der Waals surface area contributed by atoms with E-state index < -0.39 is 23.0 Å². The van der Waals surface area contributed by atoms with E-state index in [0.29, 0.717) is 18.8 Å². The predicted molar refractivity (Wildman–Crippen MR) is 67.7 cm³/mol. The van der Waals surface area contributed by atoms with Gasteiger partial charge in [-0.15, -0.1) is 0 Å². The van der Waals surface area contributed by atoms with Crippen LogP contribution < -0.4 is 0 Å². The number of rotatable bonds is 2. The first kappa shape index (κ1) is 13.1. The molecule has 5 heteroatoms. The number of hydrogen-bond donors (Lipinski definition) is 0. The Bertz CT molecular complexity index is 616. The van der Waals surface area contributed by atoms with E-state index in [2.05, 4.69) is 4.98 Å². The van der Waals surface area contributed by atoms with Crippen LogP contribution in [-0.4, -0.2) is 18.2 Å². The van der Waals surface area contributed by atoms with Gasteiger partial charge in [-0.05, 0) is 36.2 Å². The molecule has 1 aromatic heterocycles. The van der Waals surface area contributed by atoms with Gasteiger partial charge in [0.25, 0.3) is 0 Å². The van der Waals surface area contributed by atoms with E-state index in [9.17, 15) is 13.2 Å². The van der Waals surface area contributed by atoms with Crippen molar-refractivity contribution in [1.82, 2.24) is 4.98 Å². The maximum atomic E-state index is 14.1. The van der Waals surface area contributed by atoms with E-state index in [0.717, 1.165) is 12.5 Å². The quantitative estimate of drug-likeness (QED) is 0.836. The second-order valence-corrected chi connectivity index (χ2v) is 4.75. The van der Waals surface area contributed by atoms with Crippen molar-refractivity contribution in [3.05, 3.63) is 53.5 Å². The lowest BCUT2D eigenvalue weighted by atomic mass is 9.96. The van der Waals surface area contributed by atoms with Gasteiger partial charge in [0.05, 0.1) is 12.2 Å². The van der Waals surface area contributed by atoms with Gasteiger partial charge in [0.15, 0.2) is 0 Å². The summed E-state index contributed by atoms with van der Waals surface area (Å²) in [6, 6.07) is 4.98. The van der Waals surface area contributed by atoms with E-state index in [-0.39, 0.29) is 11.6 Å². The molecule has 1 aliphatic heterocycles. The van der Waals surface area contributed by atoms with Crippen LogP contribution in [0.2, 0.25) is 0 Å². The Kier molecular flexibility index (Phi) is 3.44. The van der Waals surface area contributed by atoms with E-state index in [1.807, 2.05) is 0 Å². The highest BCUT2D eigenvalue weighted by atomic mass is 19.1. The van der Waals surface area contributed by atoms with Gasteiger partial charge < -0.3 is 4.74 Å². The number of aromatic nitrogens is 1. The molecule has 20 heavy (non-hydrogen) atoms. The SMILES string of the molecule is Fc1cccnc1-c1c(F)cc(C2CCOC2)cc1F. The van der Waals surface area contributed by atoms with Gasteiger partial charge in [-0.1, -0.05) is 0 Å². The van der Waals surface area contributed by atoms with E-state index in [1.165, 1.54) is 24.4 Å². The van der Waals surface area contributed by atoms with E-state index in [4.69, 9.17) is 4.74 Å². The summed E-state index contributed by atoms with van der Waals surface area (Å²) >= 11 is 0. The van der Waals surface area contributed by atoms with Crippen LogP contribution in [-0.2, 0) is 4.74 Å². The predicted octanol–water partition coefficient (Wildman–Crippen LogP) is 3.67. The molecule has 1 aliphatic rings. The molecule has 104 valence electrons. The lowest BCUT2D eigenvalue weighted by molar-refractivity contribution is 0.194. The average Bonchev–Trinajstić information content (AvgIpc) is 2.94. The van der Waals surface area contributed by atoms with E-state index in [1.54, 1.807) is 0 Å². The molecule has 0 spiro atoms. The minimum Gasteiger partial charge on any atom is -0.381 e. The maximum absolute atomic E-state index is 14.1. The first-order valence-corrected chi connectivity index (χ1v) is 6.34. The highest BCUT2D eigenvalue weighted by molar-refractivity contribution is 5.62. The van der Waals surface area contributed by atoms with Crippen LogP contribution in [0.3, 0.4) is 0 Å². The van der Waals surface area contributed by atoms with Crippen molar-refractivity contribution < 1.29 is 17.9 Å². The van der Waals surface area contributed by atoms with Crippen molar-refractivity contribution in [3.8, 4) is 11.3 Å². The summed E-state index contributed by atoms with van der Waals surface area (Å²) in [5, 5.41) is 0. The number of pyridine rings is 1. The normalized spacial score (nSPS) is 18.4. The zero-order chi connectivity index (χ0) is 14.1. The van der Waals surface area contributed by atoms with Crippen LogP contribution in [0.25, 0.3) is 11.3 Å². The van der Waals surface area contributed by atoms with Crippen LogP contribution in [0.5, 0.6) is 0 Å². The Morgan fingerprint density at radius 1 is 1.10 bits per heavy atom. The third kappa shape index (κ3) is 2.29. The number of hydrogen-bond acceptors (Lipinski definition) is 2. The Balaban J connectivity index is 2.07. The summed E-state index contributed by atoms with van der Waals surface area (Å²) in [5.74, 6) is -2.36. The van der Waals surface area contributed by atoms with Gasteiger partial charge in [-0.25, -0.2) is 13.2 Å². The summed E-state index contributed by atoms with van der Waals surface area (Å²) in [4.78, 5) is 3.72. The molecule has 2 heterocycles. The first-order valence-electron chi connectivity index (χ1n) is 6.34. The molecule has 0 N–H and O–H groups in total. The molecule has 0 radical (unpaired) electrons. The molecule has 1 fully saturated rings. The monoisotopic (exact) mass is 279 g/mol. The zero-order valence-electron chi connectivity index (χ0n) is 10.6. The number of ether oxygens (including phenoxy) is 1. The summed E-state index contributed by atoms with van der Waals surface area (Å²) < 4.78 is 47.1. The van der Waals surface area contributed by atoms with Crippen LogP contribution >= 0.6 is 0 Å². The molecule has 2 aromatic rings. The minimum absolute atomic E-state index is 0.0124. The molecule has 0 saturated carbocycles. The van der Waals surface area contributed by atoms with Gasteiger partial charge in [-0.3, -0.25) is 4.98 Å². The second-order valence-electron chi connectivity index (χ2n) is 4.75. The van der Waals surface area contributed by atoms with Crippen LogP contribution in [0.1, 0.15) is 17.9 Å². The minimum atomic E-state index is -0.801. The molecule has 3 rings (SSSR count). The molecule has 2 nitrogen and oxygen atoms in total. The zero-order valence-corrected chi connectivity index (χ0v) is 10.6. The molecule has 0 amide bonds. The topological polar surface area (TPSA) is 22.1 Å². The van der Waals surface area contributed by atoms with Crippen molar-refractivity contribution >= 4 is 0 Å². The molecule has 1 saturated heterocycles. The highest BCUT2D eigenvalue weighted by Crippen LogP contribution is 2.32. The van der Waals surface area contributed by atoms with Crippen molar-refractivity contribution in [2.75, 3.05) is 13.2 Å². The van der Waals surface area contributed by atoms with Crippen molar-refractivity contribution in [2.45, 2.75) is 12.3 Å². The maximum Gasteiger partial charge on any atom is 0.149 e. The van der Waals surface area contributed by atoms with Crippen molar-refractivity contribution in [1.29, 1.82) is 0 Å². The fraction of sp³-hybridized carbons (Fsp3) is 0.267. The lowest BCUT2D eigenvalue weighted by Crippen LogP contribution is -2.02. The molecule has 1 aromatic carbocycles. The smallest absolute Gasteiger partial charge is 0.149 e. The van der Waals surface area contributed by atoms with Crippen molar-refractivity contribution in [2.24, 2.45) is 0 Å². The average molecular weight is 279 g/mol. The Morgan fingerprint density at radius 2 is 1.85 bits per heavy atom. The fourth-order valence-corrected chi connectivity index (χ4v) is 2.42. The number of halogens is 3. The summed E-state index contributed by atoms with van der Waals surface area (Å²) in [6.07, 6.45) is 2.03. The van der Waals surface area contributed by atoms with Crippen LogP contribution in [0.4, 0.5) is 13.2 Å². The highest BCUT2D eigenvalue weighted by Gasteiger charge is 2.23. The standard InChI is InChI=1S/C15H12F3NO/c16-11-2-1-4-19-15(11)14-12(17)6-10(7-13(14)18)9-3-5-20-8-9/h1-2,4,6-7,9H,3,5,8H2. The van der Waals surface area contributed by atoms with Gasteiger partial charge in [-0.2, -0.15) is 0 Å². The summed E-state index contributed by atoms with van der Waals surface area (Å²) in [6.45, 7) is 1.04. The summed E-state index contributed by atoms with van der Waals surface area (Å²) in [7, 11) is 0. The van der Waals surface area contributed by atoms with Crippen LogP contribution in [0, 0.1) is 17.5 Å². The summed E-state index contributed by atoms with van der Waals surface area (Å²) in [5.41, 5.74) is -0.194. The van der Waals surface area contributed by atoms with Crippen molar-refractivity contribution in [3.63, 3.8) is 0 Å². The molecular weight excluding hydrogens is 267 g/mol.